The van der Waals surface area contributed by atoms with E-state index in [2.05, 4.69) is 36.4 Å². The Hall–Kier alpha value is -3.15. The Morgan fingerprint density at radius 1 is 1.03 bits per heavy atom. The van der Waals surface area contributed by atoms with Gasteiger partial charge < -0.3 is 19.9 Å². The summed E-state index contributed by atoms with van der Waals surface area (Å²) in [4.78, 5) is 12.4. The van der Waals surface area contributed by atoms with Crippen LogP contribution in [0.5, 0.6) is 5.75 Å². The molecule has 0 bridgehead atoms. The molecule has 1 atom stereocenters. The average molecular weight is 460 g/mol. The highest BCUT2D eigenvalue weighted by atomic mass is 16.6. The number of esters is 1. The Bertz CT molecular complexity index is 1140. The smallest absolute Gasteiger partial charge is 0.310 e. The molecule has 0 saturated carbocycles. The molecule has 0 heterocycles. The van der Waals surface area contributed by atoms with Gasteiger partial charge >= 0.3 is 5.97 Å². The van der Waals surface area contributed by atoms with E-state index in [1.165, 1.54) is 28.7 Å². The maximum absolute atomic E-state index is 12.4. The van der Waals surface area contributed by atoms with Crippen molar-refractivity contribution in [1.29, 1.82) is 0 Å². The minimum Gasteiger partial charge on any atom is -0.489 e. The topological polar surface area (TPSA) is 70.8 Å². The van der Waals surface area contributed by atoms with E-state index in [4.69, 9.17) is 19.9 Å². The van der Waals surface area contributed by atoms with Gasteiger partial charge in [0.1, 0.15) is 18.5 Å². The molecule has 3 aromatic rings. The van der Waals surface area contributed by atoms with Crippen LogP contribution >= 0.6 is 0 Å². The SMILES string of the molecule is COCC(C)OC(=O)Cc1ccccc1OCc1cc2c(c(-c3cccc(CN)c3)c1)CCC2. The summed E-state index contributed by atoms with van der Waals surface area (Å²) < 4.78 is 16.7. The van der Waals surface area contributed by atoms with Gasteiger partial charge in [0, 0.05) is 19.2 Å². The molecule has 0 spiro atoms. The van der Waals surface area contributed by atoms with E-state index in [1.54, 1.807) is 7.11 Å². The van der Waals surface area contributed by atoms with Crippen LogP contribution in [0, 0.1) is 0 Å². The van der Waals surface area contributed by atoms with Gasteiger partial charge in [0.25, 0.3) is 0 Å². The van der Waals surface area contributed by atoms with Crippen LogP contribution in [0.25, 0.3) is 11.1 Å². The molecule has 2 N–H and O–H groups in total. The zero-order valence-electron chi connectivity index (χ0n) is 20.0. The van der Waals surface area contributed by atoms with Crippen molar-refractivity contribution >= 4 is 5.97 Å². The van der Waals surface area contributed by atoms with Gasteiger partial charge in [-0.25, -0.2) is 0 Å². The molecule has 5 nitrogen and oxygen atoms in total. The lowest BCUT2D eigenvalue weighted by atomic mass is 9.93. The standard InChI is InChI=1S/C29H33NO4/c1-20(18-32-2)34-29(31)16-25-8-3-4-12-28(25)33-19-22-14-23-10-6-11-26(23)27(15-22)24-9-5-7-21(13-24)17-30/h3-5,7-9,12-15,20H,6,10-11,16-19,30H2,1-2H3. The number of fused-ring (bicyclic) bond motifs is 1. The second-order valence-electron chi connectivity index (χ2n) is 8.87. The highest BCUT2D eigenvalue weighted by Gasteiger charge is 2.18. The minimum atomic E-state index is -0.291. The number of benzene rings is 3. The lowest BCUT2D eigenvalue weighted by Gasteiger charge is -2.16. The number of hydrogen-bond donors (Lipinski definition) is 1. The average Bonchev–Trinajstić information content (AvgIpc) is 3.32. The van der Waals surface area contributed by atoms with Gasteiger partial charge in [-0.2, -0.15) is 0 Å². The molecule has 1 unspecified atom stereocenters. The van der Waals surface area contributed by atoms with Crippen molar-refractivity contribution in [3.63, 3.8) is 0 Å². The van der Waals surface area contributed by atoms with Crippen LogP contribution in [0.1, 0.15) is 41.2 Å². The molecule has 4 rings (SSSR count). The minimum absolute atomic E-state index is 0.158. The molecule has 34 heavy (non-hydrogen) atoms. The van der Waals surface area contributed by atoms with E-state index < -0.39 is 0 Å². The molecule has 0 saturated heterocycles. The molecular weight excluding hydrogens is 426 g/mol. The van der Waals surface area contributed by atoms with Crippen LogP contribution in [0.15, 0.2) is 60.7 Å². The van der Waals surface area contributed by atoms with E-state index in [1.807, 2.05) is 31.2 Å². The second kappa shape index (κ2) is 11.3. The van der Waals surface area contributed by atoms with Crippen molar-refractivity contribution in [1.82, 2.24) is 0 Å². The molecule has 0 aliphatic heterocycles. The van der Waals surface area contributed by atoms with E-state index in [0.717, 1.165) is 29.5 Å². The number of ether oxygens (including phenoxy) is 3. The predicted molar refractivity (Wildman–Crippen MR) is 134 cm³/mol. The number of para-hydroxylation sites is 1. The fraction of sp³-hybridized carbons (Fsp3) is 0.345. The molecule has 1 aliphatic carbocycles. The van der Waals surface area contributed by atoms with Crippen LogP contribution in [0.4, 0.5) is 0 Å². The summed E-state index contributed by atoms with van der Waals surface area (Å²) in [6.07, 6.45) is 3.24. The van der Waals surface area contributed by atoms with Crippen LogP contribution < -0.4 is 10.5 Å². The van der Waals surface area contributed by atoms with Crippen molar-refractivity contribution < 1.29 is 19.0 Å². The van der Waals surface area contributed by atoms with Crippen molar-refractivity contribution in [2.75, 3.05) is 13.7 Å². The summed E-state index contributed by atoms with van der Waals surface area (Å²) in [6.45, 7) is 3.16. The van der Waals surface area contributed by atoms with Gasteiger partial charge in [-0.1, -0.05) is 42.5 Å². The zero-order valence-corrected chi connectivity index (χ0v) is 20.0. The third-order valence-corrected chi connectivity index (χ3v) is 6.18. The third-order valence-electron chi connectivity index (χ3n) is 6.18. The second-order valence-corrected chi connectivity index (χ2v) is 8.87. The number of hydrogen-bond acceptors (Lipinski definition) is 5. The van der Waals surface area contributed by atoms with Crippen molar-refractivity contribution in [2.24, 2.45) is 5.73 Å². The fourth-order valence-corrected chi connectivity index (χ4v) is 4.62. The van der Waals surface area contributed by atoms with E-state index >= 15 is 0 Å². The molecule has 1 aliphatic rings. The normalized spacial score (nSPS) is 13.4. The largest absolute Gasteiger partial charge is 0.489 e. The van der Waals surface area contributed by atoms with Gasteiger partial charge in [-0.3, -0.25) is 4.79 Å². The fourth-order valence-electron chi connectivity index (χ4n) is 4.62. The maximum atomic E-state index is 12.4. The summed E-state index contributed by atoms with van der Waals surface area (Å²) in [7, 11) is 1.59. The summed E-state index contributed by atoms with van der Waals surface area (Å²) in [5.41, 5.74) is 14.3. The maximum Gasteiger partial charge on any atom is 0.310 e. The summed E-state index contributed by atoms with van der Waals surface area (Å²) in [5.74, 6) is 0.409. The molecule has 0 fully saturated rings. The molecule has 0 amide bonds. The van der Waals surface area contributed by atoms with Gasteiger partial charge in [0.15, 0.2) is 0 Å². The Morgan fingerprint density at radius 3 is 2.71 bits per heavy atom. The van der Waals surface area contributed by atoms with Crippen LogP contribution in [0.2, 0.25) is 0 Å². The number of nitrogens with two attached hydrogens (primary N) is 1. The van der Waals surface area contributed by atoms with Gasteiger partial charge in [0.2, 0.25) is 0 Å². The van der Waals surface area contributed by atoms with Crippen molar-refractivity contribution in [3.05, 3.63) is 88.5 Å². The summed E-state index contributed by atoms with van der Waals surface area (Å²) in [5, 5.41) is 0. The Morgan fingerprint density at radius 2 is 1.88 bits per heavy atom. The first kappa shape index (κ1) is 24.0. The number of methoxy groups -OCH3 is 1. The molecule has 3 aromatic carbocycles. The highest BCUT2D eigenvalue weighted by molar-refractivity contribution is 5.74. The Labute approximate surface area is 201 Å². The highest BCUT2D eigenvalue weighted by Crippen LogP contribution is 2.34. The quantitative estimate of drug-likeness (QED) is 0.432. The monoisotopic (exact) mass is 459 g/mol. The lowest BCUT2D eigenvalue weighted by molar-refractivity contribution is -0.149. The number of rotatable bonds is 10. The summed E-state index contributed by atoms with van der Waals surface area (Å²) in [6, 6.07) is 20.6. The van der Waals surface area contributed by atoms with Gasteiger partial charge in [-0.05, 0) is 77.8 Å². The van der Waals surface area contributed by atoms with Crippen molar-refractivity contribution in [2.45, 2.75) is 51.9 Å². The van der Waals surface area contributed by atoms with Crippen LogP contribution in [-0.4, -0.2) is 25.8 Å². The lowest BCUT2D eigenvalue weighted by Crippen LogP contribution is -2.21. The third kappa shape index (κ3) is 5.85. The van der Waals surface area contributed by atoms with Crippen LogP contribution in [0.3, 0.4) is 0 Å². The van der Waals surface area contributed by atoms with Crippen LogP contribution in [-0.2, 0) is 46.7 Å². The zero-order chi connectivity index (χ0) is 23.9. The molecule has 178 valence electrons. The van der Waals surface area contributed by atoms with Crippen molar-refractivity contribution in [3.8, 4) is 16.9 Å². The molecule has 5 heteroatoms. The first-order valence-corrected chi connectivity index (χ1v) is 11.9. The summed E-state index contributed by atoms with van der Waals surface area (Å²) >= 11 is 0. The van der Waals surface area contributed by atoms with E-state index in [9.17, 15) is 4.79 Å². The molecular formula is C29H33NO4. The van der Waals surface area contributed by atoms with Gasteiger partial charge in [-0.15, -0.1) is 0 Å². The molecule has 0 aromatic heterocycles. The predicted octanol–water partition coefficient (Wildman–Crippen LogP) is 5.00. The van der Waals surface area contributed by atoms with E-state index in [-0.39, 0.29) is 18.5 Å². The number of carbonyl (C=O) groups excluding carboxylic acids is 1. The number of carbonyl (C=O) groups is 1. The first-order valence-electron chi connectivity index (χ1n) is 11.9. The Balaban J connectivity index is 1.52. The number of aryl methyl sites for hydroxylation is 1. The van der Waals surface area contributed by atoms with E-state index in [0.29, 0.717) is 25.5 Å². The van der Waals surface area contributed by atoms with Gasteiger partial charge in [0.05, 0.1) is 13.0 Å². The molecule has 0 radical (unpaired) electrons. The Kier molecular flexibility index (Phi) is 7.99. The first-order chi connectivity index (χ1) is 16.6.